The predicted octanol–water partition coefficient (Wildman–Crippen LogP) is 2.60. The topological polar surface area (TPSA) is 56.0 Å². The number of hydrogen-bond donors (Lipinski definition) is 2. The third-order valence-corrected chi connectivity index (χ3v) is 4.96. The number of furan rings is 1. The smallest absolute Gasteiger partial charge is 0.191 e. The minimum Gasteiger partial charge on any atom is -0.468 e. The van der Waals surface area contributed by atoms with Crippen LogP contribution in [0.2, 0.25) is 0 Å². The maximum atomic E-state index is 14.0. The van der Waals surface area contributed by atoms with Crippen molar-refractivity contribution in [2.24, 2.45) is 4.99 Å². The first-order valence-corrected chi connectivity index (χ1v) is 9.35. The van der Waals surface area contributed by atoms with E-state index in [0.29, 0.717) is 25.6 Å². The summed E-state index contributed by atoms with van der Waals surface area (Å²) in [5, 5.41) is 6.66. The molecule has 3 rings (SSSR count). The molecule has 2 heterocycles. The monoisotopic (exact) mass is 391 g/mol. The lowest BCUT2D eigenvalue weighted by Gasteiger charge is -2.25. The number of rotatable bonds is 6. The Morgan fingerprint density at radius 2 is 2.04 bits per heavy atom. The van der Waals surface area contributed by atoms with E-state index in [-0.39, 0.29) is 17.8 Å². The maximum Gasteiger partial charge on any atom is 0.191 e. The molecule has 0 spiro atoms. The van der Waals surface area contributed by atoms with E-state index in [1.54, 1.807) is 18.2 Å². The van der Waals surface area contributed by atoms with Crippen LogP contribution >= 0.6 is 0 Å². The number of halogens is 2. The van der Waals surface area contributed by atoms with Crippen LogP contribution in [0.15, 0.2) is 46.0 Å². The number of hydrogen-bond acceptors (Lipinski definition) is 4. The maximum absolute atomic E-state index is 14.0. The van der Waals surface area contributed by atoms with Crippen LogP contribution in [-0.2, 0) is 0 Å². The Morgan fingerprint density at radius 3 is 2.64 bits per heavy atom. The molecule has 28 heavy (non-hydrogen) atoms. The number of benzene rings is 1. The first-order valence-electron chi connectivity index (χ1n) is 9.35. The summed E-state index contributed by atoms with van der Waals surface area (Å²) >= 11 is 0. The molecule has 2 N–H and O–H groups in total. The van der Waals surface area contributed by atoms with Crippen molar-refractivity contribution in [3.05, 3.63) is 54.0 Å². The van der Waals surface area contributed by atoms with Crippen molar-refractivity contribution in [1.82, 2.24) is 15.5 Å². The minimum atomic E-state index is -0.532. The van der Waals surface area contributed by atoms with Crippen LogP contribution in [0.5, 0.6) is 0 Å². The van der Waals surface area contributed by atoms with Gasteiger partial charge in [0, 0.05) is 32.7 Å². The van der Waals surface area contributed by atoms with Gasteiger partial charge >= 0.3 is 0 Å². The third-order valence-electron chi connectivity index (χ3n) is 4.96. The molecule has 2 unspecified atom stereocenters. The average molecular weight is 391 g/mol. The Balaban J connectivity index is 1.57. The van der Waals surface area contributed by atoms with Gasteiger partial charge in [0.25, 0.3) is 0 Å². The zero-order chi connectivity index (χ0) is 20.1. The molecule has 1 aromatic carbocycles. The molecule has 8 heteroatoms. The molecule has 0 saturated carbocycles. The van der Waals surface area contributed by atoms with Crippen LogP contribution in [0.4, 0.5) is 14.5 Å². The predicted molar refractivity (Wildman–Crippen MR) is 107 cm³/mol. The van der Waals surface area contributed by atoms with Crippen molar-refractivity contribution >= 4 is 11.6 Å². The van der Waals surface area contributed by atoms with Gasteiger partial charge < -0.3 is 20.0 Å². The van der Waals surface area contributed by atoms with E-state index in [1.165, 1.54) is 18.2 Å². The van der Waals surface area contributed by atoms with E-state index in [1.807, 2.05) is 26.2 Å². The van der Waals surface area contributed by atoms with E-state index in [4.69, 9.17) is 4.42 Å². The normalized spacial score (nSPS) is 18.6. The van der Waals surface area contributed by atoms with E-state index in [0.717, 1.165) is 12.2 Å². The molecule has 0 bridgehead atoms. The summed E-state index contributed by atoms with van der Waals surface area (Å²) in [5.41, 5.74) is 0.0419. The van der Waals surface area contributed by atoms with Gasteiger partial charge in [-0.3, -0.25) is 9.89 Å². The molecule has 1 aliphatic heterocycles. The third kappa shape index (κ3) is 4.62. The Bertz CT molecular complexity index is 774. The van der Waals surface area contributed by atoms with Crippen molar-refractivity contribution in [3.8, 4) is 0 Å². The molecule has 0 amide bonds. The summed E-state index contributed by atoms with van der Waals surface area (Å²) in [4.78, 5) is 8.08. The van der Waals surface area contributed by atoms with E-state index in [9.17, 15) is 8.78 Å². The molecule has 6 nitrogen and oxygen atoms in total. The Labute approximate surface area is 164 Å². The standard InChI is InChI=1S/C20H27F2N5O/c1-23-20(24-12-17(26(2)3)18-8-5-11-28-18)25-14-9-10-27(13-14)19-15(21)6-4-7-16(19)22/h4-8,11,14,17H,9-10,12-13H2,1-3H3,(H2,23,24,25). The second-order valence-corrected chi connectivity index (χ2v) is 7.09. The summed E-state index contributed by atoms with van der Waals surface area (Å²) < 4.78 is 33.6. The average Bonchev–Trinajstić information content (AvgIpc) is 3.33. The van der Waals surface area contributed by atoms with Crippen molar-refractivity contribution < 1.29 is 13.2 Å². The first kappa shape index (κ1) is 20.1. The van der Waals surface area contributed by atoms with Crippen LogP contribution in [-0.4, -0.2) is 57.7 Å². The van der Waals surface area contributed by atoms with Gasteiger partial charge in [0.1, 0.15) is 23.1 Å². The van der Waals surface area contributed by atoms with Crippen molar-refractivity contribution in [1.29, 1.82) is 0 Å². The fourth-order valence-electron chi connectivity index (χ4n) is 3.47. The van der Waals surface area contributed by atoms with Gasteiger partial charge in [-0.05, 0) is 44.8 Å². The van der Waals surface area contributed by atoms with Crippen molar-refractivity contribution in [3.63, 3.8) is 0 Å². The number of likely N-dealkylation sites (N-methyl/N-ethyl adjacent to an activating group) is 1. The first-order chi connectivity index (χ1) is 13.5. The van der Waals surface area contributed by atoms with E-state index < -0.39 is 11.6 Å². The van der Waals surface area contributed by atoms with Crippen LogP contribution in [0, 0.1) is 11.6 Å². The molecular formula is C20H27F2N5O. The van der Waals surface area contributed by atoms with Crippen LogP contribution < -0.4 is 15.5 Å². The molecule has 1 saturated heterocycles. The molecule has 0 aliphatic carbocycles. The number of aliphatic imine (C=N–C) groups is 1. The molecule has 2 aromatic rings. The van der Waals surface area contributed by atoms with Gasteiger partial charge in [-0.25, -0.2) is 8.78 Å². The quantitative estimate of drug-likeness (QED) is 0.586. The largest absolute Gasteiger partial charge is 0.468 e. The molecule has 0 radical (unpaired) electrons. The lowest BCUT2D eigenvalue weighted by molar-refractivity contribution is 0.258. The van der Waals surface area contributed by atoms with Crippen molar-refractivity contribution in [2.75, 3.05) is 45.7 Å². The second-order valence-electron chi connectivity index (χ2n) is 7.09. The van der Waals surface area contributed by atoms with Gasteiger partial charge in [0.05, 0.1) is 12.3 Å². The van der Waals surface area contributed by atoms with Gasteiger partial charge in [-0.15, -0.1) is 0 Å². The highest BCUT2D eigenvalue weighted by atomic mass is 19.1. The molecule has 1 aromatic heterocycles. The van der Waals surface area contributed by atoms with E-state index >= 15 is 0 Å². The van der Waals surface area contributed by atoms with Crippen LogP contribution in [0.1, 0.15) is 18.2 Å². The van der Waals surface area contributed by atoms with Crippen molar-refractivity contribution in [2.45, 2.75) is 18.5 Å². The summed E-state index contributed by atoms with van der Waals surface area (Å²) in [7, 11) is 5.68. The molecule has 1 fully saturated rings. The fourth-order valence-corrected chi connectivity index (χ4v) is 3.47. The Hall–Kier alpha value is -2.61. The fraction of sp³-hybridized carbons (Fsp3) is 0.450. The number of anilines is 1. The lowest BCUT2D eigenvalue weighted by atomic mass is 10.2. The number of guanidine groups is 1. The lowest BCUT2D eigenvalue weighted by Crippen LogP contribution is -2.46. The summed E-state index contributed by atoms with van der Waals surface area (Å²) in [5.74, 6) is 0.458. The zero-order valence-corrected chi connectivity index (χ0v) is 16.5. The SMILES string of the molecule is CN=C(NCC(c1ccco1)N(C)C)NC1CCN(c2c(F)cccc2F)C1. The van der Waals surface area contributed by atoms with Crippen LogP contribution in [0.25, 0.3) is 0 Å². The molecule has 152 valence electrons. The number of para-hydroxylation sites is 1. The number of nitrogens with zero attached hydrogens (tertiary/aromatic N) is 3. The van der Waals surface area contributed by atoms with E-state index in [2.05, 4.69) is 20.5 Å². The molecule has 1 aliphatic rings. The summed E-state index contributed by atoms with van der Waals surface area (Å²) in [6.45, 7) is 1.70. The summed E-state index contributed by atoms with van der Waals surface area (Å²) in [6.07, 6.45) is 2.43. The van der Waals surface area contributed by atoms with Gasteiger partial charge in [-0.1, -0.05) is 6.07 Å². The van der Waals surface area contributed by atoms with Gasteiger partial charge in [0.2, 0.25) is 0 Å². The highest BCUT2D eigenvalue weighted by Gasteiger charge is 2.27. The number of nitrogens with one attached hydrogen (secondary N) is 2. The van der Waals surface area contributed by atoms with Gasteiger partial charge in [-0.2, -0.15) is 0 Å². The van der Waals surface area contributed by atoms with Gasteiger partial charge in [0.15, 0.2) is 5.96 Å². The molecule has 2 atom stereocenters. The highest BCUT2D eigenvalue weighted by molar-refractivity contribution is 5.80. The molecular weight excluding hydrogens is 364 g/mol. The minimum absolute atomic E-state index is 0.0419. The van der Waals surface area contributed by atoms with Crippen LogP contribution in [0.3, 0.4) is 0 Å². The second kappa shape index (κ2) is 9.05. The Morgan fingerprint density at radius 1 is 1.29 bits per heavy atom. The Kier molecular flexibility index (Phi) is 6.51. The zero-order valence-electron chi connectivity index (χ0n) is 16.5. The highest BCUT2D eigenvalue weighted by Crippen LogP contribution is 2.26. The summed E-state index contributed by atoms with van der Waals surface area (Å²) in [6, 6.07) is 7.87.